The van der Waals surface area contributed by atoms with Gasteiger partial charge in [-0.15, -0.1) is 5.10 Å². The zero-order valence-electron chi connectivity index (χ0n) is 12.0. The van der Waals surface area contributed by atoms with Crippen LogP contribution in [0, 0.1) is 0 Å². The molecule has 7 heteroatoms. The predicted octanol–water partition coefficient (Wildman–Crippen LogP) is 1.32. The molecule has 0 aliphatic rings. The normalized spacial score (nSPS) is 10.7. The monoisotopic (exact) mass is 296 g/mol. The first-order valence-corrected chi connectivity index (χ1v) is 7.13. The van der Waals surface area contributed by atoms with Crippen LogP contribution in [0.4, 0.5) is 0 Å². The maximum atomic E-state index is 11.9. The van der Waals surface area contributed by atoms with E-state index in [1.165, 1.54) is 0 Å². The van der Waals surface area contributed by atoms with Gasteiger partial charge < -0.3 is 5.32 Å². The fourth-order valence-electron chi connectivity index (χ4n) is 2.28. The Kier molecular flexibility index (Phi) is 4.33. The van der Waals surface area contributed by atoms with E-state index in [1.807, 2.05) is 30.3 Å². The second-order valence-corrected chi connectivity index (χ2v) is 4.94. The highest BCUT2D eigenvalue weighted by molar-refractivity contribution is 5.82. The average molecular weight is 296 g/mol. The van der Waals surface area contributed by atoms with E-state index in [0.717, 1.165) is 16.5 Å². The lowest BCUT2D eigenvalue weighted by atomic mass is 10.1. The van der Waals surface area contributed by atoms with Gasteiger partial charge in [0.15, 0.2) is 0 Å². The SMILES string of the molecule is O=C(CCCn1cnnn1)NCc1ccnc2ccccc12. The topological polar surface area (TPSA) is 85.6 Å². The highest BCUT2D eigenvalue weighted by Gasteiger charge is 2.05. The number of para-hydroxylation sites is 1. The molecule has 0 atom stereocenters. The molecule has 0 unspecified atom stereocenters. The van der Waals surface area contributed by atoms with Crippen LogP contribution in [0.5, 0.6) is 0 Å². The molecule has 3 rings (SSSR count). The Morgan fingerprint density at radius 2 is 2.14 bits per heavy atom. The van der Waals surface area contributed by atoms with E-state index in [2.05, 4.69) is 25.8 Å². The van der Waals surface area contributed by atoms with Crippen molar-refractivity contribution in [3.05, 3.63) is 48.4 Å². The van der Waals surface area contributed by atoms with Gasteiger partial charge in [-0.1, -0.05) is 18.2 Å². The molecule has 1 aromatic carbocycles. The summed E-state index contributed by atoms with van der Waals surface area (Å²) in [7, 11) is 0. The number of aryl methyl sites for hydroxylation is 1. The van der Waals surface area contributed by atoms with Crippen molar-refractivity contribution in [1.82, 2.24) is 30.5 Å². The number of rotatable bonds is 6. The molecule has 0 saturated carbocycles. The smallest absolute Gasteiger partial charge is 0.220 e. The third kappa shape index (κ3) is 3.43. The van der Waals surface area contributed by atoms with Crippen LogP contribution in [0.1, 0.15) is 18.4 Å². The van der Waals surface area contributed by atoms with Gasteiger partial charge in [0, 0.05) is 31.1 Å². The number of hydrogen-bond acceptors (Lipinski definition) is 5. The Morgan fingerprint density at radius 3 is 3.00 bits per heavy atom. The molecule has 2 aromatic heterocycles. The van der Waals surface area contributed by atoms with Crippen molar-refractivity contribution in [1.29, 1.82) is 0 Å². The van der Waals surface area contributed by atoms with Crippen LogP contribution in [-0.4, -0.2) is 31.1 Å². The van der Waals surface area contributed by atoms with E-state index >= 15 is 0 Å². The molecule has 0 aliphatic carbocycles. The van der Waals surface area contributed by atoms with Crippen molar-refractivity contribution < 1.29 is 4.79 Å². The number of hydrogen-bond donors (Lipinski definition) is 1. The molecular formula is C15H16N6O. The van der Waals surface area contributed by atoms with Crippen LogP contribution >= 0.6 is 0 Å². The largest absolute Gasteiger partial charge is 0.352 e. The number of aromatic nitrogens is 5. The van der Waals surface area contributed by atoms with Crippen molar-refractivity contribution in [2.75, 3.05) is 0 Å². The van der Waals surface area contributed by atoms with E-state index in [0.29, 0.717) is 25.9 Å². The van der Waals surface area contributed by atoms with Gasteiger partial charge in [0.2, 0.25) is 5.91 Å². The van der Waals surface area contributed by atoms with E-state index < -0.39 is 0 Å². The van der Waals surface area contributed by atoms with E-state index in [-0.39, 0.29) is 5.91 Å². The van der Waals surface area contributed by atoms with Gasteiger partial charge in [-0.2, -0.15) is 0 Å². The standard InChI is InChI=1S/C15H16N6O/c22-15(6-3-9-21-11-18-19-20-21)17-10-12-7-8-16-14-5-2-1-4-13(12)14/h1-2,4-5,7-8,11H,3,6,9-10H2,(H,17,22). The Hall–Kier alpha value is -2.83. The molecule has 0 aliphatic heterocycles. The predicted molar refractivity (Wildman–Crippen MR) is 80.6 cm³/mol. The number of carbonyl (C=O) groups is 1. The lowest BCUT2D eigenvalue weighted by Gasteiger charge is -2.08. The Bertz CT molecular complexity index is 750. The van der Waals surface area contributed by atoms with Crippen LogP contribution in [0.15, 0.2) is 42.9 Å². The first-order valence-electron chi connectivity index (χ1n) is 7.13. The average Bonchev–Trinajstić information content (AvgIpc) is 3.06. The fourth-order valence-corrected chi connectivity index (χ4v) is 2.28. The van der Waals surface area contributed by atoms with Crippen LogP contribution in [0.25, 0.3) is 10.9 Å². The molecule has 1 N–H and O–H groups in total. The minimum atomic E-state index is 0.0222. The molecule has 7 nitrogen and oxygen atoms in total. The third-order valence-electron chi connectivity index (χ3n) is 3.40. The first-order chi connectivity index (χ1) is 10.8. The van der Waals surface area contributed by atoms with Crippen molar-refractivity contribution in [2.45, 2.75) is 25.9 Å². The quantitative estimate of drug-likeness (QED) is 0.741. The highest BCUT2D eigenvalue weighted by atomic mass is 16.1. The maximum Gasteiger partial charge on any atom is 0.220 e. The summed E-state index contributed by atoms with van der Waals surface area (Å²) in [4.78, 5) is 16.2. The Labute approximate surface area is 127 Å². The molecule has 0 bridgehead atoms. The number of nitrogens with zero attached hydrogens (tertiary/aromatic N) is 5. The summed E-state index contributed by atoms with van der Waals surface area (Å²) in [6.07, 6.45) is 4.46. The lowest BCUT2D eigenvalue weighted by Crippen LogP contribution is -2.23. The van der Waals surface area contributed by atoms with E-state index in [4.69, 9.17) is 0 Å². The van der Waals surface area contributed by atoms with Gasteiger partial charge in [0.25, 0.3) is 0 Å². The van der Waals surface area contributed by atoms with Gasteiger partial charge in [-0.05, 0) is 34.5 Å². The summed E-state index contributed by atoms with van der Waals surface area (Å²) in [6, 6.07) is 9.84. The molecule has 0 fully saturated rings. The van der Waals surface area contributed by atoms with Crippen molar-refractivity contribution in [3.63, 3.8) is 0 Å². The van der Waals surface area contributed by atoms with Crippen LogP contribution < -0.4 is 5.32 Å². The molecular weight excluding hydrogens is 280 g/mol. The second-order valence-electron chi connectivity index (χ2n) is 4.94. The zero-order valence-corrected chi connectivity index (χ0v) is 12.0. The summed E-state index contributed by atoms with van der Waals surface area (Å²) >= 11 is 0. The Balaban J connectivity index is 1.52. The van der Waals surface area contributed by atoms with Crippen LogP contribution in [0.2, 0.25) is 0 Å². The fraction of sp³-hybridized carbons (Fsp3) is 0.267. The molecule has 0 saturated heterocycles. The molecule has 0 spiro atoms. The highest BCUT2D eigenvalue weighted by Crippen LogP contribution is 2.15. The first kappa shape index (κ1) is 14.1. The molecule has 1 amide bonds. The molecule has 0 radical (unpaired) electrons. The number of pyridine rings is 1. The number of amides is 1. The molecule has 112 valence electrons. The third-order valence-corrected chi connectivity index (χ3v) is 3.40. The summed E-state index contributed by atoms with van der Waals surface area (Å²) in [6.45, 7) is 1.14. The summed E-state index contributed by atoms with van der Waals surface area (Å²) < 4.78 is 1.61. The van der Waals surface area contributed by atoms with Crippen LogP contribution in [-0.2, 0) is 17.9 Å². The van der Waals surface area contributed by atoms with Crippen LogP contribution in [0.3, 0.4) is 0 Å². The van der Waals surface area contributed by atoms with Gasteiger partial charge in [-0.3, -0.25) is 9.78 Å². The minimum Gasteiger partial charge on any atom is -0.352 e. The lowest BCUT2D eigenvalue weighted by molar-refractivity contribution is -0.121. The van der Waals surface area contributed by atoms with Crippen molar-refractivity contribution >= 4 is 16.8 Å². The van der Waals surface area contributed by atoms with Gasteiger partial charge in [0.05, 0.1) is 5.52 Å². The molecule has 2 heterocycles. The van der Waals surface area contributed by atoms with Gasteiger partial charge in [0.1, 0.15) is 6.33 Å². The molecule has 22 heavy (non-hydrogen) atoms. The van der Waals surface area contributed by atoms with Crippen molar-refractivity contribution in [3.8, 4) is 0 Å². The van der Waals surface area contributed by atoms with Crippen molar-refractivity contribution in [2.24, 2.45) is 0 Å². The summed E-state index contributed by atoms with van der Waals surface area (Å²) in [5.74, 6) is 0.0222. The number of tetrazole rings is 1. The van der Waals surface area contributed by atoms with Gasteiger partial charge in [-0.25, -0.2) is 4.68 Å². The maximum absolute atomic E-state index is 11.9. The number of nitrogens with one attached hydrogen (secondary N) is 1. The molecule has 3 aromatic rings. The summed E-state index contributed by atoms with van der Waals surface area (Å²) in [5.41, 5.74) is 2.01. The zero-order chi connectivity index (χ0) is 15.2. The second kappa shape index (κ2) is 6.75. The minimum absolute atomic E-state index is 0.0222. The number of benzene rings is 1. The van der Waals surface area contributed by atoms with Gasteiger partial charge >= 0.3 is 0 Å². The van der Waals surface area contributed by atoms with E-state index in [9.17, 15) is 4.79 Å². The number of carbonyl (C=O) groups excluding carboxylic acids is 1. The van der Waals surface area contributed by atoms with E-state index in [1.54, 1.807) is 17.2 Å². The number of fused-ring (bicyclic) bond motifs is 1. The summed E-state index contributed by atoms with van der Waals surface area (Å²) in [5, 5.41) is 14.9. The Morgan fingerprint density at radius 1 is 1.23 bits per heavy atom.